The lowest BCUT2D eigenvalue weighted by Crippen LogP contribution is -3.10. The molecule has 136 valence electrons. The van der Waals surface area contributed by atoms with E-state index in [9.17, 15) is 4.79 Å². The summed E-state index contributed by atoms with van der Waals surface area (Å²) in [6, 6.07) is 9.60. The predicted octanol–water partition coefficient (Wildman–Crippen LogP) is 2.57. The van der Waals surface area contributed by atoms with Gasteiger partial charge in [0.1, 0.15) is 6.04 Å². The summed E-state index contributed by atoms with van der Waals surface area (Å²) in [5, 5.41) is 0. The van der Waals surface area contributed by atoms with Crippen LogP contribution in [-0.2, 0) is 6.42 Å². The average molecular weight is 419 g/mol. The zero-order valence-corrected chi connectivity index (χ0v) is 16.4. The van der Waals surface area contributed by atoms with E-state index in [-0.39, 0.29) is 18.6 Å². The number of hydrogen-bond acceptors (Lipinski definition) is 4. The van der Waals surface area contributed by atoms with Gasteiger partial charge in [-0.2, -0.15) is 0 Å². The molecule has 2 aromatic carbocycles. The van der Waals surface area contributed by atoms with E-state index in [1.54, 1.807) is 7.11 Å². The molecule has 5 nitrogen and oxygen atoms in total. The Morgan fingerprint density at radius 2 is 2.08 bits per heavy atom. The second kappa shape index (κ2) is 6.93. The Kier molecular flexibility index (Phi) is 4.63. The lowest BCUT2D eigenvalue weighted by Gasteiger charge is -2.32. The maximum Gasteiger partial charge on any atom is 0.231 e. The maximum absolute atomic E-state index is 12.9. The molecular formula is C20H21BrNO4+. The topological polar surface area (TPSA) is 49.2 Å². The fraction of sp³-hybridized carbons (Fsp3) is 0.350. The number of hydrogen-bond donors (Lipinski definition) is 1. The van der Waals surface area contributed by atoms with Crippen molar-refractivity contribution in [1.82, 2.24) is 0 Å². The van der Waals surface area contributed by atoms with Crippen molar-refractivity contribution in [3.8, 4) is 17.2 Å². The summed E-state index contributed by atoms with van der Waals surface area (Å²) < 4.78 is 17.8. The van der Waals surface area contributed by atoms with Crippen molar-refractivity contribution in [3.63, 3.8) is 0 Å². The standard InChI is InChI=1S/C20H20BrNO4/c1-22-8-7-13-9-17-19(26-11-25-17)20(24-2)18(13)15(22)10-16(23)12-3-5-14(21)6-4-12/h3-6,9,15H,7-8,10-11H2,1-2H3/p+1/t15-/m1/s1. The van der Waals surface area contributed by atoms with Crippen LogP contribution in [0.3, 0.4) is 0 Å². The molecule has 2 aliphatic rings. The minimum Gasteiger partial charge on any atom is -0.492 e. The molecule has 0 spiro atoms. The second-order valence-corrected chi connectivity index (χ2v) is 7.67. The Morgan fingerprint density at radius 1 is 1.31 bits per heavy atom. The van der Waals surface area contributed by atoms with E-state index in [0.29, 0.717) is 17.9 Å². The molecule has 0 saturated carbocycles. The minimum absolute atomic E-state index is 0.0272. The van der Waals surface area contributed by atoms with Crippen LogP contribution in [0.15, 0.2) is 34.8 Å². The van der Waals surface area contributed by atoms with Crippen molar-refractivity contribution >= 4 is 21.7 Å². The zero-order chi connectivity index (χ0) is 18.3. The largest absolute Gasteiger partial charge is 0.492 e. The summed E-state index contributed by atoms with van der Waals surface area (Å²) >= 11 is 3.41. The van der Waals surface area contributed by atoms with Gasteiger partial charge in [-0.15, -0.1) is 0 Å². The lowest BCUT2D eigenvalue weighted by molar-refractivity contribution is -0.913. The number of ketones is 1. The van der Waals surface area contributed by atoms with Crippen LogP contribution in [0.5, 0.6) is 17.2 Å². The van der Waals surface area contributed by atoms with Crippen LogP contribution in [0.2, 0.25) is 0 Å². The molecule has 0 aromatic heterocycles. The Balaban J connectivity index is 1.71. The van der Waals surface area contributed by atoms with E-state index in [1.165, 1.54) is 10.5 Å². The van der Waals surface area contributed by atoms with Crippen LogP contribution in [0.4, 0.5) is 0 Å². The molecule has 1 unspecified atom stereocenters. The van der Waals surface area contributed by atoms with Crippen molar-refractivity contribution < 1.29 is 23.9 Å². The number of nitrogens with one attached hydrogen (secondary N) is 1. The highest BCUT2D eigenvalue weighted by Crippen LogP contribution is 2.47. The Hall–Kier alpha value is -2.05. The number of Topliss-reactive ketones (excluding diaryl/α,β-unsaturated/α-hetero) is 1. The third kappa shape index (κ3) is 2.97. The van der Waals surface area contributed by atoms with E-state index in [0.717, 1.165) is 34.3 Å². The van der Waals surface area contributed by atoms with Crippen LogP contribution in [0.1, 0.15) is 33.9 Å². The van der Waals surface area contributed by atoms with Crippen molar-refractivity contribution in [2.24, 2.45) is 0 Å². The van der Waals surface area contributed by atoms with Crippen LogP contribution < -0.4 is 19.1 Å². The van der Waals surface area contributed by atoms with E-state index in [1.807, 2.05) is 30.3 Å². The van der Waals surface area contributed by atoms with E-state index < -0.39 is 0 Å². The quantitative estimate of drug-likeness (QED) is 0.775. The molecule has 6 heteroatoms. The number of quaternary nitrogens is 1. The van der Waals surface area contributed by atoms with Gasteiger partial charge >= 0.3 is 0 Å². The maximum atomic E-state index is 12.9. The smallest absolute Gasteiger partial charge is 0.231 e. The van der Waals surface area contributed by atoms with Gasteiger partial charge in [0.05, 0.1) is 32.7 Å². The fourth-order valence-corrected chi connectivity index (χ4v) is 4.10. The molecule has 26 heavy (non-hydrogen) atoms. The highest BCUT2D eigenvalue weighted by Gasteiger charge is 2.37. The second-order valence-electron chi connectivity index (χ2n) is 6.75. The van der Waals surface area contributed by atoms with E-state index >= 15 is 0 Å². The third-order valence-electron chi connectivity index (χ3n) is 5.24. The molecule has 2 heterocycles. The summed E-state index contributed by atoms with van der Waals surface area (Å²) in [5.74, 6) is 2.23. The van der Waals surface area contributed by atoms with Crippen LogP contribution >= 0.6 is 15.9 Å². The summed E-state index contributed by atoms with van der Waals surface area (Å²) in [4.78, 5) is 14.2. The van der Waals surface area contributed by atoms with Crippen molar-refractivity contribution in [2.45, 2.75) is 18.9 Å². The molecule has 0 radical (unpaired) electrons. The number of benzene rings is 2. The molecule has 2 aromatic rings. The molecule has 2 aliphatic heterocycles. The van der Waals surface area contributed by atoms with Crippen LogP contribution in [-0.4, -0.2) is 33.3 Å². The number of rotatable bonds is 4. The molecule has 4 rings (SSSR count). The number of ether oxygens (including phenoxy) is 3. The van der Waals surface area contributed by atoms with Crippen molar-refractivity contribution in [1.29, 1.82) is 0 Å². The number of fused-ring (bicyclic) bond motifs is 2. The predicted molar refractivity (Wildman–Crippen MR) is 100 cm³/mol. The number of methoxy groups -OCH3 is 1. The summed E-state index contributed by atoms with van der Waals surface area (Å²) in [6.45, 7) is 1.17. The number of carbonyl (C=O) groups is 1. The van der Waals surface area contributed by atoms with E-state index in [2.05, 4.69) is 23.0 Å². The van der Waals surface area contributed by atoms with Crippen LogP contribution in [0.25, 0.3) is 0 Å². The fourth-order valence-electron chi connectivity index (χ4n) is 3.84. The first kappa shape index (κ1) is 17.4. The van der Waals surface area contributed by atoms with Gasteiger partial charge < -0.3 is 19.1 Å². The first-order valence-electron chi connectivity index (χ1n) is 8.69. The minimum atomic E-state index is 0.0272. The van der Waals surface area contributed by atoms with Gasteiger partial charge in [-0.25, -0.2) is 0 Å². The molecule has 0 bridgehead atoms. The number of likely N-dealkylation sites (N-methyl/N-ethyl adjacent to an activating group) is 1. The molecule has 0 amide bonds. The zero-order valence-electron chi connectivity index (χ0n) is 14.8. The van der Waals surface area contributed by atoms with Crippen molar-refractivity contribution in [2.75, 3.05) is 27.5 Å². The van der Waals surface area contributed by atoms with Gasteiger partial charge in [0, 0.05) is 16.5 Å². The summed E-state index contributed by atoms with van der Waals surface area (Å²) in [5.41, 5.74) is 2.99. The first-order valence-corrected chi connectivity index (χ1v) is 9.48. The van der Waals surface area contributed by atoms with Gasteiger partial charge in [-0.3, -0.25) is 4.79 Å². The van der Waals surface area contributed by atoms with Crippen LogP contribution in [0, 0.1) is 0 Å². The average Bonchev–Trinajstić information content (AvgIpc) is 3.11. The molecule has 0 fully saturated rings. The van der Waals surface area contributed by atoms with Gasteiger partial charge in [0.2, 0.25) is 12.5 Å². The molecule has 0 saturated heterocycles. The lowest BCUT2D eigenvalue weighted by atomic mass is 9.87. The molecule has 1 N–H and O–H groups in total. The Bertz CT molecular complexity index is 850. The number of halogens is 1. The van der Waals surface area contributed by atoms with Gasteiger partial charge in [-0.05, 0) is 23.8 Å². The first-order chi connectivity index (χ1) is 12.6. The van der Waals surface area contributed by atoms with Gasteiger partial charge in [0.25, 0.3) is 0 Å². The Morgan fingerprint density at radius 3 is 2.81 bits per heavy atom. The third-order valence-corrected chi connectivity index (χ3v) is 5.76. The van der Waals surface area contributed by atoms with Gasteiger partial charge in [-0.1, -0.05) is 28.1 Å². The van der Waals surface area contributed by atoms with Gasteiger partial charge in [0.15, 0.2) is 17.3 Å². The molecule has 2 atom stereocenters. The monoisotopic (exact) mass is 418 g/mol. The molecule has 0 aliphatic carbocycles. The molecular weight excluding hydrogens is 398 g/mol. The van der Waals surface area contributed by atoms with Crippen molar-refractivity contribution in [3.05, 3.63) is 51.5 Å². The summed E-state index contributed by atoms with van der Waals surface area (Å²) in [6.07, 6.45) is 1.35. The summed E-state index contributed by atoms with van der Waals surface area (Å²) in [7, 11) is 3.78. The normalized spacial score (nSPS) is 20.6. The SMILES string of the molecule is COc1c2c(cc3c1[C@@H](CC(=O)c1ccc(Br)cc1)[NH+](C)CC3)OCO2. The Labute approximate surface area is 161 Å². The highest BCUT2D eigenvalue weighted by molar-refractivity contribution is 9.10. The highest BCUT2D eigenvalue weighted by atomic mass is 79.9. The van der Waals surface area contributed by atoms with E-state index in [4.69, 9.17) is 14.2 Å². The number of carbonyl (C=O) groups excluding carboxylic acids is 1.